The normalized spacial score (nSPS) is 14.5. The van der Waals surface area contributed by atoms with Crippen molar-refractivity contribution >= 4 is 33.2 Å². The number of methoxy groups -OCH3 is 1. The molecule has 0 N–H and O–H groups in total. The van der Waals surface area contributed by atoms with Gasteiger partial charge in [0.05, 0.1) is 4.90 Å². The lowest BCUT2D eigenvalue weighted by Crippen LogP contribution is -2.49. The summed E-state index contributed by atoms with van der Waals surface area (Å²) in [4.78, 5) is 19.8. The Kier molecular flexibility index (Phi) is 6.68. The molecule has 3 aromatic rings. The number of piperazine rings is 1. The highest BCUT2D eigenvalue weighted by molar-refractivity contribution is 7.91. The number of carbonyl (C=O) groups is 1. The van der Waals surface area contributed by atoms with Crippen LogP contribution in [0, 0.1) is 5.82 Å². The minimum Gasteiger partial charge on any atom is -0.419 e. The largest absolute Gasteiger partial charge is 0.419 e. The van der Waals surface area contributed by atoms with Crippen molar-refractivity contribution in [2.45, 2.75) is 9.92 Å². The van der Waals surface area contributed by atoms with Crippen LogP contribution in [-0.4, -0.2) is 64.1 Å². The second kappa shape index (κ2) is 9.50. The summed E-state index contributed by atoms with van der Waals surface area (Å²) in [5.41, 5.74) is 0.434. The van der Waals surface area contributed by atoms with Crippen LogP contribution in [0.3, 0.4) is 0 Å². The van der Waals surface area contributed by atoms with Crippen molar-refractivity contribution in [2.75, 3.05) is 44.8 Å². The van der Waals surface area contributed by atoms with E-state index in [1.165, 1.54) is 55.6 Å². The zero-order chi connectivity index (χ0) is 23.6. The molecule has 11 heteroatoms. The zero-order valence-corrected chi connectivity index (χ0v) is 19.3. The summed E-state index contributed by atoms with van der Waals surface area (Å²) in [5, 5.41) is 0.152. The molecular formula is C22H21ClFN3O5S. The van der Waals surface area contributed by atoms with E-state index >= 15 is 0 Å². The number of hydrogen-bond donors (Lipinski definition) is 0. The van der Waals surface area contributed by atoms with Crippen LogP contribution >= 0.6 is 11.6 Å². The first-order valence-corrected chi connectivity index (χ1v) is 11.9. The van der Waals surface area contributed by atoms with E-state index in [0.29, 0.717) is 36.8 Å². The smallest absolute Gasteiger partial charge is 0.248 e. The molecular weight excluding hydrogens is 473 g/mol. The monoisotopic (exact) mass is 493 g/mol. The van der Waals surface area contributed by atoms with Crippen LogP contribution in [0.4, 0.5) is 10.3 Å². The number of nitrogens with zero attached hydrogens (tertiary/aromatic N) is 3. The molecule has 1 saturated heterocycles. The molecule has 1 fully saturated rings. The molecule has 4 rings (SSSR count). The standard InChI is InChI=1S/C22H21ClFN3O5S/c1-31-14-19(28)26-10-12-27(13-11-26)22-21(33(29,30)18-8-4-16(23)5-9-18)25-20(32-22)15-2-6-17(24)7-3-15/h2-9H,10-14H2,1H3. The van der Waals surface area contributed by atoms with Crippen LogP contribution in [0.1, 0.15) is 0 Å². The third kappa shape index (κ3) is 4.87. The topological polar surface area (TPSA) is 92.9 Å². The molecule has 1 aliphatic heterocycles. The van der Waals surface area contributed by atoms with Crippen molar-refractivity contribution in [2.24, 2.45) is 0 Å². The molecule has 2 heterocycles. The molecule has 0 bridgehead atoms. The van der Waals surface area contributed by atoms with E-state index in [9.17, 15) is 17.6 Å². The van der Waals surface area contributed by atoms with Gasteiger partial charge >= 0.3 is 0 Å². The number of sulfone groups is 1. The van der Waals surface area contributed by atoms with E-state index in [1.54, 1.807) is 9.80 Å². The molecule has 0 unspecified atom stereocenters. The summed E-state index contributed by atoms with van der Waals surface area (Å²) in [7, 11) is -2.60. The van der Waals surface area contributed by atoms with E-state index < -0.39 is 15.7 Å². The van der Waals surface area contributed by atoms with Crippen LogP contribution in [-0.2, 0) is 19.4 Å². The fourth-order valence-corrected chi connectivity index (χ4v) is 4.94. The molecule has 8 nitrogen and oxygen atoms in total. The van der Waals surface area contributed by atoms with Gasteiger partial charge in [0, 0.05) is 43.9 Å². The van der Waals surface area contributed by atoms with E-state index in [-0.39, 0.29) is 34.2 Å². The Bertz CT molecular complexity index is 1240. The zero-order valence-electron chi connectivity index (χ0n) is 17.7. The number of oxazole rings is 1. The molecule has 1 amide bonds. The van der Waals surface area contributed by atoms with E-state index in [1.807, 2.05) is 0 Å². The minimum atomic E-state index is -4.05. The van der Waals surface area contributed by atoms with Crippen molar-refractivity contribution in [1.29, 1.82) is 0 Å². The maximum atomic E-state index is 13.4. The van der Waals surface area contributed by atoms with Crippen molar-refractivity contribution < 1.29 is 26.8 Å². The summed E-state index contributed by atoms with van der Waals surface area (Å²) in [6.07, 6.45) is 0. The average molecular weight is 494 g/mol. The van der Waals surface area contributed by atoms with Crippen molar-refractivity contribution in [3.63, 3.8) is 0 Å². The van der Waals surface area contributed by atoms with Gasteiger partial charge in [0.25, 0.3) is 0 Å². The second-order valence-electron chi connectivity index (χ2n) is 7.39. The summed E-state index contributed by atoms with van der Waals surface area (Å²) in [5.74, 6) is -0.453. The van der Waals surface area contributed by atoms with Crippen molar-refractivity contribution in [1.82, 2.24) is 9.88 Å². The fourth-order valence-electron chi connectivity index (χ4n) is 3.49. The lowest BCUT2D eigenvalue weighted by Gasteiger charge is -2.34. The molecule has 1 aromatic heterocycles. The van der Waals surface area contributed by atoms with Gasteiger partial charge in [0.15, 0.2) is 0 Å². The Balaban J connectivity index is 1.72. The average Bonchev–Trinajstić information content (AvgIpc) is 3.26. The van der Waals surface area contributed by atoms with Gasteiger partial charge in [0.1, 0.15) is 12.4 Å². The first-order chi connectivity index (χ1) is 15.8. The van der Waals surface area contributed by atoms with Gasteiger partial charge in [-0.3, -0.25) is 4.79 Å². The molecule has 0 spiro atoms. The summed E-state index contributed by atoms with van der Waals surface area (Å²) >= 11 is 5.91. The minimum absolute atomic E-state index is 0.0148. The van der Waals surface area contributed by atoms with Crippen LogP contribution in [0.15, 0.2) is 62.9 Å². The third-order valence-electron chi connectivity index (χ3n) is 5.24. The van der Waals surface area contributed by atoms with Gasteiger partial charge in [0.2, 0.25) is 32.5 Å². The maximum Gasteiger partial charge on any atom is 0.248 e. The summed E-state index contributed by atoms with van der Waals surface area (Å²) < 4.78 is 51.0. The Labute approximate surface area is 195 Å². The Hall–Kier alpha value is -2.95. The molecule has 1 aliphatic rings. The number of benzene rings is 2. The van der Waals surface area contributed by atoms with Crippen LogP contribution in [0.2, 0.25) is 5.02 Å². The number of ether oxygens (including phenoxy) is 1. The number of rotatable bonds is 6. The van der Waals surface area contributed by atoms with Crippen molar-refractivity contribution in [3.8, 4) is 11.5 Å². The highest BCUT2D eigenvalue weighted by atomic mass is 35.5. The summed E-state index contributed by atoms with van der Waals surface area (Å²) in [6.45, 7) is 1.41. The SMILES string of the molecule is COCC(=O)N1CCN(c2oc(-c3ccc(F)cc3)nc2S(=O)(=O)c2ccc(Cl)cc2)CC1. The van der Waals surface area contributed by atoms with E-state index in [0.717, 1.165) is 0 Å². The van der Waals surface area contributed by atoms with Gasteiger partial charge in [-0.05, 0) is 48.5 Å². The Morgan fingerprint density at radius 3 is 2.33 bits per heavy atom. The molecule has 0 radical (unpaired) electrons. The number of anilines is 1. The first-order valence-electron chi connectivity index (χ1n) is 10.1. The predicted molar refractivity (Wildman–Crippen MR) is 119 cm³/mol. The Morgan fingerprint density at radius 2 is 1.73 bits per heavy atom. The third-order valence-corrected chi connectivity index (χ3v) is 7.16. The number of hydrogen-bond acceptors (Lipinski definition) is 7. The molecule has 174 valence electrons. The quantitative estimate of drug-likeness (QED) is 0.520. The van der Waals surface area contributed by atoms with Crippen LogP contribution in [0.5, 0.6) is 0 Å². The Morgan fingerprint density at radius 1 is 1.09 bits per heavy atom. The lowest BCUT2D eigenvalue weighted by molar-refractivity contribution is -0.135. The molecule has 0 atom stereocenters. The van der Waals surface area contributed by atoms with Crippen LogP contribution < -0.4 is 4.90 Å². The highest BCUT2D eigenvalue weighted by Gasteiger charge is 2.33. The van der Waals surface area contributed by atoms with Gasteiger partial charge < -0.3 is 19.0 Å². The number of amides is 1. The number of halogens is 2. The number of carbonyl (C=O) groups excluding carboxylic acids is 1. The van der Waals surface area contributed by atoms with Crippen molar-refractivity contribution in [3.05, 3.63) is 59.4 Å². The van der Waals surface area contributed by atoms with Crippen LogP contribution in [0.25, 0.3) is 11.5 Å². The van der Waals surface area contributed by atoms with E-state index in [4.69, 9.17) is 20.8 Å². The van der Waals surface area contributed by atoms with Gasteiger partial charge in [-0.2, -0.15) is 4.98 Å². The number of aromatic nitrogens is 1. The van der Waals surface area contributed by atoms with Gasteiger partial charge in [-0.25, -0.2) is 12.8 Å². The first kappa shape index (κ1) is 23.2. The predicted octanol–water partition coefficient (Wildman–Crippen LogP) is 3.26. The molecule has 0 aliphatic carbocycles. The molecule has 33 heavy (non-hydrogen) atoms. The second-order valence-corrected chi connectivity index (χ2v) is 9.70. The maximum absolute atomic E-state index is 13.4. The highest BCUT2D eigenvalue weighted by Crippen LogP contribution is 2.35. The van der Waals surface area contributed by atoms with Gasteiger partial charge in [-0.1, -0.05) is 11.6 Å². The molecule has 2 aromatic carbocycles. The summed E-state index contributed by atoms with van der Waals surface area (Å²) in [6, 6.07) is 11.2. The fraction of sp³-hybridized carbons (Fsp3) is 0.273. The lowest BCUT2D eigenvalue weighted by atomic mass is 10.2. The molecule has 0 saturated carbocycles. The van der Waals surface area contributed by atoms with Gasteiger partial charge in [-0.15, -0.1) is 0 Å². The van der Waals surface area contributed by atoms with E-state index in [2.05, 4.69) is 4.98 Å².